The van der Waals surface area contributed by atoms with E-state index in [1.54, 1.807) is 23.0 Å². The summed E-state index contributed by atoms with van der Waals surface area (Å²) in [6.07, 6.45) is 3.55. The molecule has 3 aromatic rings. The molecule has 0 unspecified atom stereocenters. The van der Waals surface area contributed by atoms with E-state index in [2.05, 4.69) is 10.4 Å². The number of carbonyl (C=O) groups excluding carboxylic acids is 2. The summed E-state index contributed by atoms with van der Waals surface area (Å²) in [4.78, 5) is 24.4. The molecular formula is C21H20ClN3O5. The number of halogens is 1. The zero-order chi connectivity index (χ0) is 21.5. The number of nitrogens with zero attached hydrogens (tertiary/aromatic N) is 2. The van der Waals surface area contributed by atoms with Crippen LogP contribution in [-0.4, -0.2) is 42.5 Å². The van der Waals surface area contributed by atoms with Gasteiger partial charge in [-0.15, -0.1) is 0 Å². The number of benzene rings is 2. The van der Waals surface area contributed by atoms with Gasteiger partial charge in [0.1, 0.15) is 11.5 Å². The van der Waals surface area contributed by atoms with Crippen LogP contribution in [0.3, 0.4) is 0 Å². The first-order valence-corrected chi connectivity index (χ1v) is 9.33. The molecule has 0 atom stereocenters. The van der Waals surface area contributed by atoms with Crippen molar-refractivity contribution in [2.45, 2.75) is 6.54 Å². The van der Waals surface area contributed by atoms with Gasteiger partial charge in [0.2, 0.25) is 0 Å². The molecule has 0 spiro atoms. The van der Waals surface area contributed by atoms with E-state index in [-0.39, 0.29) is 0 Å². The first kappa shape index (κ1) is 21.2. The summed E-state index contributed by atoms with van der Waals surface area (Å²) in [6, 6.07) is 11.8. The predicted molar refractivity (Wildman–Crippen MR) is 111 cm³/mol. The van der Waals surface area contributed by atoms with Crippen molar-refractivity contribution in [2.75, 3.05) is 26.1 Å². The fourth-order valence-electron chi connectivity index (χ4n) is 2.69. The molecule has 1 amide bonds. The minimum Gasteiger partial charge on any atom is -0.495 e. The second kappa shape index (κ2) is 9.80. The number of rotatable bonds is 8. The maximum atomic E-state index is 12.2. The lowest BCUT2D eigenvalue weighted by molar-refractivity contribution is -0.119. The van der Waals surface area contributed by atoms with Gasteiger partial charge in [-0.05, 0) is 23.8 Å². The molecular weight excluding hydrogens is 410 g/mol. The molecule has 0 aliphatic rings. The Labute approximate surface area is 178 Å². The maximum absolute atomic E-state index is 12.2. The molecule has 9 heteroatoms. The van der Waals surface area contributed by atoms with E-state index < -0.39 is 18.5 Å². The van der Waals surface area contributed by atoms with Crippen molar-refractivity contribution in [3.63, 3.8) is 0 Å². The fourth-order valence-corrected chi connectivity index (χ4v) is 2.92. The van der Waals surface area contributed by atoms with Crippen molar-refractivity contribution in [2.24, 2.45) is 0 Å². The van der Waals surface area contributed by atoms with Crippen LogP contribution < -0.4 is 14.8 Å². The summed E-state index contributed by atoms with van der Waals surface area (Å²) < 4.78 is 17.2. The zero-order valence-electron chi connectivity index (χ0n) is 16.4. The Morgan fingerprint density at radius 1 is 1.10 bits per heavy atom. The Kier molecular flexibility index (Phi) is 6.92. The van der Waals surface area contributed by atoms with Gasteiger partial charge < -0.3 is 19.5 Å². The Bertz CT molecular complexity index is 1020. The molecule has 0 saturated carbocycles. The van der Waals surface area contributed by atoms with Crippen LogP contribution in [0.4, 0.5) is 5.69 Å². The van der Waals surface area contributed by atoms with Gasteiger partial charge in [-0.3, -0.25) is 9.48 Å². The van der Waals surface area contributed by atoms with Gasteiger partial charge in [0, 0.05) is 24.5 Å². The molecule has 1 N–H and O–H groups in total. The average Bonchev–Trinajstić information content (AvgIpc) is 3.26. The SMILES string of the molecule is COc1cc(NC(=O)COC(=O)c2ccc(Cn3cccn3)cc2)c(OC)cc1Cl. The first-order chi connectivity index (χ1) is 14.5. The van der Waals surface area contributed by atoms with Crippen LogP contribution in [-0.2, 0) is 16.1 Å². The number of carbonyl (C=O) groups is 2. The number of aromatic nitrogens is 2. The van der Waals surface area contributed by atoms with Crippen LogP contribution >= 0.6 is 11.6 Å². The number of ether oxygens (including phenoxy) is 3. The summed E-state index contributed by atoms with van der Waals surface area (Å²) in [7, 11) is 2.91. The Morgan fingerprint density at radius 3 is 2.47 bits per heavy atom. The lowest BCUT2D eigenvalue weighted by Crippen LogP contribution is -2.21. The quantitative estimate of drug-likeness (QED) is 0.552. The molecule has 156 valence electrons. The first-order valence-electron chi connectivity index (χ1n) is 8.95. The van der Waals surface area contributed by atoms with Crippen molar-refractivity contribution < 1.29 is 23.8 Å². The highest BCUT2D eigenvalue weighted by Gasteiger charge is 2.15. The predicted octanol–water partition coefficient (Wildman–Crippen LogP) is 3.40. The van der Waals surface area contributed by atoms with E-state index in [0.29, 0.717) is 34.3 Å². The molecule has 0 fully saturated rings. The van der Waals surface area contributed by atoms with Gasteiger partial charge in [0.15, 0.2) is 6.61 Å². The summed E-state index contributed by atoms with van der Waals surface area (Å²) in [5.74, 6) is -0.397. The lowest BCUT2D eigenvalue weighted by Gasteiger charge is -2.13. The zero-order valence-corrected chi connectivity index (χ0v) is 17.2. The van der Waals surface area contributed by atoms with E-state index >= 15 is 0 Å². The average molecular weight is 430 g/mol. The summed E-state index contributed by atoms with van der Waals surface area (Å²) in [5, 5.41) is 7.09. The molecule has 1 heterocycles. The Balaban J connectivity index is 1.56. The monoisotopic (exact) mass is 429 g/mol. The van der Waals surface area contributed by atoms with E-state index in [1.165, 1.54) is 26.4 Å². The van der Waals surface area contributed by atoms with Gasteiger partial charge in [-0.25, -0.2) is 4.79 Å². The highest BCUT2D eigenvalue weighted by Crippen LogP contribution is 2.35. The van der Waals surface area contributed by atoms with E-state index in [4.69, 9.17) is 25.8 Å². The minimum atomic E-state index is -0.601. The van der Waals surface area contributed by atoms with Crippen LogP contribution in [0, 0.1) is 0 Å². The van der Waals surface area contributed by atoms with E-state index in [0.717, 1.165) is 5.56 Å². The molecule has 0 aliphatic carbocycles. The smallest absolute Gasteiger partial charge is 0.338 e. The molecule has 8 nitrogen and oxygen atoms in total. The molecule has 0 bridgehead atoms. The number of nitrogens with one attached hydrogen (secondary N) is 1. The molecule has 2 aromatic carbocycles. The summed E-state index contributed by atoms with van der Waals surface area (Å²) in [5.41, 5.74) is 1.68. The number of methoxy groups -OCH3 is 2. The third-order valence-corrected chi connectivity index (χ3v) is 4.47. The fraction of sp³-hybridized carbons (Fsp3) is 0.190. The van der Waals surface area contributed by atoms with Crippen molar-refractivity contribution in [3.05, 3.63) is 71.0 Å². The van der Waals surface area contributed by atoms with E-state index in [9.17, 15) is 9.59 Å². The highest BCUT2D eigenvalue weighted by molar-refractivity contribution is 6.32. The molecule has 0 radical (unpaired) electrons. The van der Waals surface area contributed by atoms with E-state index in [1.807, 2.05) is 24.4 Å². The highest BCUT2D eigenvalue weighted by atomic mass is 35.5. The third kappa shape index (κ3) is 5.30. The van der Waals surface area contributed by atoms with Gasteiger partial charge in [0.25, 0.3) is 5.91 Å². The largest absolute Gasteiger partial charge is 0.495 e. The third-order valence-electron chi connectivity index (χ3n) is 4.18. The van der Waals surface area contributed by atoms with Gasteiger partial charge in [-0.1, -0.05) is 23.7 Å². The van der Waals surface area contributed by atoms with Crippen LogP contribution in [0.15, 0.2) is 54.9 Å². The number of anilines is 1. The molecule has 30 heavy (non-hydrogen) atoms. The summed E-state index contributed by atoms with van der Waals surface area (Å²) >= 11 is 6.05. The van der Waals surface area contributed by atoms with Crippen LogP contribution in [0.1, 0.15) is 15.9 Å². The van der Waals surface area contributed by atoms with Crippen molar-refractivity contribution in [1.82, 2.24) is 9.78 Å². The Hall–Kier alpha value is -3.52. The number of amides is 1. The van der Waals surface area contributed by atoms with Crippen LogP contribution in [0.5, 0.6) is 11.5 Å². The molecule has 0 saturated heterocycles. The number of hydrogen-bond donors (Lipinski definition) is 1. The Morgan fingerprint density at radius 2 is 1.83 bits per heavy atom. The van der Waals surface area contributed by atoms with Crippen molar-refractivity contribution in [1.29, 1.82) is 0 Å². The lowest BCUT2D eigenvalue weighted by atomic mass is 10.1. The number of hydrogen-bond acceptors (Lipinski definition) is 6. The maximum Gasteiger partial charge on any atom is 0.338 e. The topological polar surface area (TPSA) is 91.7 Å². The second-order valence-corrected chi connectivity index (χ2v) is 6.62. The molecule has 3 rings (SSSR count). The van der Waals surface area contributed by atoms with Gasteiger partial charge >= 0.3 is 5.97 Å². The normalized spacial score (nSPS) is 10.4. The minimum absolute atomic E-state index is 0.342. The van der Waals surface area contributed by atoms with Gasteiger partial charge in [-0.2, -0.15) is 5.10 Å². The molecule has 1 aromatic heterocycles. The van der Waals surface area contributed by atoms with Gasteiger partial charge in [0.05, 0.1) is 37.0 Å². The molecule has 0 aliphatic heterocycles. The van der Waals surface area contributed by atoms with Crippen molar-refractivity contribution in [3.8, 4) is 11.5 Å². The number of esters is 1. The summed E-state index contributed by atoms with van der Waals surface area (Å²) in [6.45, 7) is 0.138. The van der Waals surface area contributed by atoms with Crippen LogP contribution in [0.2, 0.25) is 5.02 Å². The standard InChI is InChI=1S/C21H20ClN3O5/c1-28-18-11-17(19(29-2)10-16(18)22)24-20(26)13-30-21(27)15-6-4-14(5-7-15)12-25-9-3-8-23-25/h3-11H,12-13H2,1-2H3,(H,24,26). The van der Waals surface area contributed by atoms with Crippen LogP contribution in [0.25, 0.3) is 0 Å². The van der Waals surface area contributed by atoms with Crippen molar-refractivity contribution >= 4 is 29.2 Å². The second-order valence-electron chi connectivity index (χ2n) is 6.21.